The molecule has 3 aromatic heterocycles. The molecule has 1 aliphatic rings. The van der Waals surface area contributed by atoms with Crippen LogP contribution in [0, 0.1) is 6.92 Å². The lowest BCUT2D eigenvalue weighted by Crippen LogP contribution is -2.46. The molecule has 0 spiro atoms. The fraction of sp³-hybridized carbons (Fsp3) is 0.286. The molecule has 0 saturated carbocycles. The monoisotopic (exact) mass is 266 g/mol. The number of nitrogens with zero attached hydrogens (tertiary/aromatic N) is 6. The van der Waals surface area contributed by atoms with Crippen molar-refractivity contribution in [3.05, 3.63) is 48.3 Å². The van der Waals surface area contributed by atoms with E-state index in [1.807, 2.05) is 37.4 Å². The molecule has 6 nitrogen and oxygen atoms in total. The number of pyridine rings is 1. The third-order valence-corrected chi connectivity index (χ3v) is 3.67. The predicted octanol–water partition coefficient (Wildman–Crippen LogP) is 1.43. The van der Waals surface area contributed by atoms with E-state index in [-0.39, 0.29) is 0 Å². The van der Waals surface area contributed by atoms with Gasteiger partial charge in [0.15, 0.2) is 5.65 Å². The van der Waals surface area contributed by atoms with Crippen molar-refractivity contribution >= 4 is 11.5 Å². The van der Waals surface area contributed by atoms with E-state index in [0.717, 1.165) is 36.2 Å². The zero-order valence-corrected chi connectivity index (χ0v) is 11.1. The van der Waals surface area contributed by atoms with Crippen LogP contribution in [-0.4, -0.2) is 37.7 Å². The molecule has 20 heavy (non-hydrogen) atoms. The standard InChI is InChI=1S/C14H14N6/c1-10-15-6-5-12(16-10)19-8-11(9-19)14-18-17-13-4-2-3-7-20(13)14/h2-7,11H,8-9H2,1H3. The van der Waals surface area contributed by atoms with Crippen molar-refractivity contribution in [2.45, 2.75) is 12.8 Å². The number of fused-ring (bicyclic) bond motifs is 1. The van der Waals surface area contributed by atoms with E-state index < -0.39 is 0 Å². The lowest BCUT2D eigenvalue weighted by Gasteiger charge is -2.39. The summed E-state index contributed by atoms with van der Waals surface area (Å²) in [7, 11) is 0. The van der Waals surface area contributed by atoms with Gasteiger partial charge in [0.25, 0.3) is 0 Å². The summed E-state index contributed by atoms with van der Waals surface area (Å²) in [6.45, 7) is 3.76. The average Bonchev–Trinajstić information content (AvgIpc) is 2.82. The molecule has 0 N–H and O–H groups in total. The first-order valence-electron chi connectivity index (χ1n) is 6.65. The number of rotatable bonds is 2. The van der Waals surface area contributed by atoms with Gasteiger partial charge in [-0.15, -0.1) is 10.2 Å². The summed E-state index contributed by atoms with van der Waals surface area (Å²) in [5.74, 6) is 3.23. The van der Waals surface area contributed by atoms with E-state index >= 15 is 0 Å². The van der Waals surface area contributed by atoms with E-state index in [2.05, 4.69) is 29.5 Å². The molecule has 0 bridgehead atoms. The van der Waals surface area contributed by atoms with Gasteiger partial charge in [0.05, 0.1) is 5.92 Å². The molecule has 100 valence electrons. The van der Waals surface area contributed by atoms with Crippen molar-refractivity contribution in [1.29, 1.82) is 0 Å². The number of aryl methyl sites for hydroxylation is 1. The Morgan fingerprint density at radius 1 is 1.15 bits per heavy atom. The molecular formula is C14H14N6. The van der Waals surface area contributed by atoms with Crippen LogP contribution in [0.2, 0.25) is 0 Å². The second-order valence-corrected chi connectivity index (χ2v) is 5.05. The first-order chi connectivity index (χ1) is 9.81. The maximum atomic E-state index is 4.45. The fourth-order valence-electron chi connectivity index (χ4n) is 2.59. The maximum Gasteiger partial charge on any atom is 0.160 e. The minimum atomic E-state index is 0.405. The highest BCUT2D eigenvalue weighted by Gasteiger charge is 2.32. The van der Waals surface area contributed by atoms with Gasteiger partial charge in [-0.25, -0.2) is 9.97 Å². The highest BCUT2D eigenvalue weighted by molar-refractivity contribution is 5.44. The number of hydrogen-bond donors (Lipinski definition) is 0. The minimum Gasteiger partial charge on any atom is -0.355 e. The molecular weight excluding hydrogens is 252 g/mol. The lowest BCUT2D eigenvalue weighted by molar-refractivity contribution is 0.492. The Morgan fingerprint density at radius 3 is 2.90 bits per heavy atom. The Bertz CT molecular complexity index is 759. The van der Waals surface area contributed by atoms with Crippen molar-refractivity contribution in [1.82, 2.24) is 24.6 Å². The first kappa shape index (κ1) is 11.3. The molecule has 6 heteroatoms. The van der Waals surface area contributed by atoms with Gasteiger partial charge in [-0.2, -0.15) is 0 Å². The van der Waals surface area contributed by atoms with Gasteiger partial charge in [0.1, 0.15) is 17.5 Å². The van der Waals surface area contributed by atoms with Crippen molar-refractivity contribution in [3.63, 3.8) is 0 Å². The van der Waals surface area contributed by atoms with Gasteiger partial charge in [-0.05, 0) is 25.1 Å². The largest absolute Gasteiger partial charge is 0.355 e. The summed E-state index contributed by atoms with van der Waals surface area (Å²) in [6, 6.07) is 7.90. The average molecular weight is 266 g/mol. The summed E-state index contributed by atoms with van der Waals surface area (Å²) in [5, 5.41) is 8.52. The zero-order valence-electron chi connectivity index (χ0n) is 11.1. The van der Waals surface area contributed by atoms with Gasteiger partial charge in [-0.1, -0.05) is 6.07 Å². The van der Waals surface area contributed by atoms with Crippen LogP contribution in [0.1, 0.15) is 17.6 Å². The smallest absolute Gasteiger partial charge is 0.160 e. The van der Waals surface area contributed by atoms with Crippen LogP contribution in [0.3, 0.4) is 0 Å². The van der Waals surface area contributed by atoms with Gasteiger partial charge >= 0.3 is 0 Å². The fourth-order valence-corrected chi connectivity index (χ4v) is 2.59. The van der Waals surface area contributed by atoms with Crippen molar-refractivity contribution in [2.75, 3.05) is 18.0 Å². The van der Waals surface area contributed by atoms with E-state index in [9.17, 15) is 0 Å². The van der Waals surface area contributed by atoms with Gasteiger partial charge in [0.2, 0.25) is 0 Å². The van der Waals surface area contributed by atoms with Crippen LogP contribution in [0.4, 0.5) is 5.82 Å². The molecule has 0 amide bonds. The molecule has 1 fully saturated rings. The van der Waals surface area contributed by atoms with Crippen LogP contribution < -0.4 is 4.90 Å². The Balaban J connectivity index is 1.56. The first-order valence-corrected chi connectivity index (χ1v) is 6.65. The normalized spacial score (nSPS) is 15.6. The molecule has 0 radical (unpaired) electrons. The summed E-state index contributed by atoms with van der Waals surface area (Å²) < 4.78 is 2.06. The molecule has 0 atom stereocenters. The van der Waals surface area contributed by atoms with E-state index in [1.165, 1.54) is 0 Å². The third kappa shape index (κ3) is 1.72. The Labute approximate surface area is 116 Å². The summed E-state index contributed by atoms with van der Waals surface area (Å²) in [5.41, 5.74) is 0.902. The van der Waals surface area contributed by atoms with E-state index in [4.69, 9.17) is 0 Å². The number of anilines is 1. The Hall–Kier alpha value is -2.50. The Morgan fingerprint density at radius 2 is 2.05 bits per heavy atom. The predicted molar refractivity (Wildman–Crippen MR) is 74.7 cm³/mol. The molecule has 3 aromatic rings. The molecule has 4 heterocycles. The van der Waals surface area contributed by atoms with Gasteiger partial charge in [0, 0.05) is 25.5 Å². The Kier molecular flexibility index (Phi) is 2.42. The highest BCUT2D eigenvalue weighted by atomic mass is 15.3. The second-order valence-electron chi connectivity index (χ2n) is 5.05. The molecule has 0 aromatic carbocycles. The maximum absolute atomic E-state index is 4.45. The van der Waals surface area contributed by atoms with E-state index in [1.54, 1.807) is 6.20 Å². The zero-order chi connectivity index (χ0) is 13.5. The lowest BCUT2D eigenvalue weighted by atomic mass is 9.99. The van der Waals surface area contributed by atoms with Crippen molar-refractivity contribution in [3.8, 4) is 0 Å². The number of aromatic nitrogens is 5. The topological polar surface area (TPSA) is 59.2 Å². The number of hydrogen-bond acceptors (Lipinski definition) is 5. The highest BCUT2D eigenvalue weighted by Crippen LogP contribution is 2.29. The van der Waals surface area contributed by atoms with Gasteiger partial charge in [-0.3, -0.25) is 4.40 Å². The molecule has 1 saturated heterocycles. The van der Waals surface area contributed by atoms with Crippen LogP contribution in [0.25, 0.3) is 5.65 Å². The van der Waals surface area contributed by atoms with Gasteiger partial charge < -0.3 is 4.90 Å². The van der Waals surface area contributed by atoms with Crippen molar-refractivity contribution < 1.29 is 0 Å². The molecule has 1 aliphatic heterocycles. The quantitative estimate of drug-likeness (QED) is 0.702. The SMILES string of the molecule is Cc1nccc(N2CC(c3nnc4ccccn34)C2)n1. The van der Waals surface area contributed by atoms with Crippen LogP contribution in [0.5, 0.6) is 0 Å². The van der Waals surface area contributed by atoms with Crippen molar-refractivity contribution in [2.24, 2.45) is 0 Å². The minimum absolute atomic E-state index is 0.405. The summed E-state index contributed by atoms with van der Waals surface area (Å²) >= 11 is 0. The molecule has 0 aliphatic carbocycles. The summed E-state index contributed by atoms with van der Waals surface area (Å²) in [4.78, 5) is 10.8. The summed E-state index contributed by atoms with van der Waals surface area (Å²) in [6.07, 6.45) is 3.82. The molecule has 0 unspecified atom stereocenters. The second kappa shape index (κ2) is 4.26. The van der Waals surface area contributed by atoms with Crippen LogP contribution in [0.15, 0.2) is 36.7 Å². The van der Waals surface area contributed by atoms with E-state index in [0.29, 0.717) is 5.92 Å². The molecule has 4 rings (SSSR count). The van der Waals surface area contributed by atoms with Crippen LogP contribution >= 0.6 is 0 Å². The third-order valence-electron chi connectivity index (χ3n) is 3.67. The van der Waals surface area contributed by atoms with Crippen LogP contribution in [-0.2, 0) is 0 Å².